The summed E-state index contributed by atoms with van der Waals surface area (Å²) in [5.41, 5.74) is 2.00. The minimum Gasteiger partial charge on any atom is -0.453 e. The summed E-state index contributed by atoms with van der Waals surface area (Å²) in [5, 5.41) is 7.25. The molecule has 27 heavy (non-hydrogen) atoms. The molecule has 4 rings (SSSR count). The summed E-state index contributed by atoms with van der Waals surface area (Å²) < 4.78 is 20.7. The van der Waals surface area contributed by atoms with Crippen LogP contribution in [0.4, 0.5) is 3.89 Å². The van der Waals surface area contributed by atoms with Crippen molar-refractivity contribution in [3.05, 3.63) is 57.5 Å². The van der Waals surface area contributed by atoms with E-state index in [4.69, 9.17) is 16.3 Å². The number of thiophene rings is 1. The molecule has 136 valence electrons. The van der Waals surface area contributed by atoms with Crippen LogP contribution in [0.2, 0.25) is 5.02 Å². The van der Waals surface area contributed by atoms with Crippen molar-refractivity contribution in [2.45, 2.75) is 11.8 Å². The lowest BCUT2D eigenvalue weighted by Crippen LogP contribution is -1.98. The lowest BCUT2D eigenvalue weighted by molar-refractivity contribution is 0.112. The van der Waals surface area contributed by atoms with Gasteiger partial charge in [0.25, 0.3) is 0 Å². The number of carbonyl (C=O) groups is 1. The normalized spacial score (nSPS) is 11.1. The topological polar surface area (TPSA) is 57.0 Å². The Morgan fingerprint density at radius 3 is 2.96 bits per heavy atom. The number of aldehydes is 1. The Kier molecular flexibility index (Phi) is 4.86. The molecule has 4 aromatic rings. The average molecular weight is 420 g/mol. The Morgan fingerprint density at radius 1 is 1.37 bits per heavy atom. The second-order valence-corrected chi connectivity index (χ2v) is 7.56. The van der Waals surface area contributed by atoms with Crippen molar-refractivity contribution in [3.8, 4) is 17.2 Å². The highest BCUT2D eigenvalue weighted by atomic mass is 35.5. The van der Waals surface area contributed by atoms with E-state index in [0.717, 1.165) is 17.4 Å². The van der Waals surface area contributed by atoms with Gasteiger partial charge in [0, 0.05) is 10.8 Å². The molecular weight excluding hydrogens is 409 g/mol. The van der Waals surface area contributed by atoms with Crippen LogP contribution in [0.1, 0.15) is 15.4 Å². The lowest BCUT2D eigenvalue weighted by atomic mass is 10.2. The molecule has 1 aromatic carbocycles. The third-order valence-electron chi connectivity index (χ3n) is 3.88. The van der Waals surface area contributed by atoms with Crippen molar-refractivity contribution < 1.29 is 13.4 Å². The number of ether oxygens (including phenoxy) is 1. The van der Waals surface area contributed by atoms with E-state index >= 15 is 0 Å². The van der Waals surface area contributed by atoms with Gasteiger partial charge in [-0.1, -0.05) is 17.7 Å². The molecule has 9 heteroatoms. The number of fused-ring (bicyclic) bond motifs is 1. The van der Waals surface area contributed by atoms with Gasteiger partial charge >= 0.3 is 0 Å². The van der Waals surface area contributed by atoms with Crippen molar-refractivity contribution in [3.63, 3.8) is 0 Å². The highest BCUT2D eigenvalue weighted by Gasteiger charge is 2.16. The maximum Gasteiger partial charge on any atom is 0.163 e. The van der Waals surface area contributed by atoms with Gasteiger partial charge in [0.2, 0.25) is 0 Å². The van der Waals surface area contributed by atoms with Gasteiger partial charge in [-0.2, -0.15) is 8.98 Å². The van der Waals surface area contributed by atoms with Crippen LogP contribution >= 0.6 is 35.1 Å². The number of hydrogen-bond acceptors (Lipinski definition) is 6. The van der Waals surface area contributed by atoms with Crippen LogP contribution in [0, 0.1) is 6.92 Å². The molecule has 0 saturated carbocycles. The fourth-order valence-corrected chi connectivity index (χ4v) is 3.88. The number of aryl methyl sites for hydroxylation is 1. The van der Waals surface area contributed by atoms with Gasteiger partial charge in [-0.25, -0.2) is 9.67 Å². The van der Waals surface area contributed by atoms with Gasteiger partial charge in [0.15, 0.2) is 17.7 Å². The Hall–Kier alpha value is -2.42. The second-order valence-electron chi connectivity index (χ2n) is 5.61. The molecule has 0 saturated heterocycles. The van der Waals surface area contributed by atoms with Crippen molar-refractivity contribution >= 4 is 52.4 Å². The smallest absolute Gasteiger partial charge is 0.163 e. The molecule has 0 N–H and O–H groups in total. The minimum absolute atomic E-state index is 0.0705. The average Bonchev–Trinajstić information content (AvgIpc) is 3.29. The van der Waals surface area contributed by atoms with Gasteiger partial charge < -0.3 is 4.74 Å². The van der Waals surface area contributed by atoms with Gasteiger partial charge in [0.1, 0.15) is 5.75 Å². The van der Waals surface area contributed by atoms with Gasteiger partial charge in [-0.3, -0.25) is 4.79 Å². The van der Waals surface area contributed by atoms with Crippen molar-refractivity contribution in [1.29, 1.82) is 0 Å². The van der Waals surface area contributed by atoms with Crippen molar-refractivity contribution in [2.24, 2.45) is 0 Å². The molecule has 0 fully saturated rings. The Morgan fingerprint density at radius 2 is 2.22 bits per heavy atom. The maximum atomic E-state index is 13.2. The number of pyridine rings is 1. The van der Waals surface area contributed by atoms with Gasteiger partial charge in [-0.15, -0.1) is 11.3 Å². The van der Waals surface area contributed by atoms with Crippen molar-refractivity contribution in [2.75, 3.05) is 0 Å². The fourth-order valence-electron chi connectivity index (χ4n) is 2.59. The van der Waals surface area contributed by atoms with E-state index in [1.54, 1.807) is 48.1 Å². The molecule has 0 spiro atoms. The van der Waals surface area contributed by atoms with Crippen LogP contribution in [0.25, 0.3) is 16.7 Å². The van der Waals surface area contributed by atoms with E-state index in [1.165, 1.54) is 11.3 Å². The van der Waals surface area contributed by atoms with Crippen LogP contribution in [0.15, 0.2) is 46.8 Å². The van der Waals surface area contributed by atoms with E-state index in [-0.39, 0.29) is 22.8 Å². The summed E-state index contributed by atoms with van der Waals surface area (Å²) in [5.74, 6) is 0.709. The zero-order chi connectivity index (χ0) is 19.0. The van der Waals surface area contributed by atoms with Crippen LogP contribution in [-0.2, 0) is 0 Å². The summed E-state index contributed by atoms with van der Waals surface area (Å²) in [7, 11) is 0. The first-order valence-electron chi connectivity index (χ1n) is 7.75. The van der Waals surface area contributed by atoms with E-state index in [1.807, 2.05) is 5.38 Å². The molecule has 0 bridgehead atoms. The van der Waals surface area contributed by atoms with Crippen LogP contribution in [0.3, 0.4) is 0 Å². The first kappa shape index (κ1) is 18.0. The van der Waals surface area contributed by atoms with Gasteiger partial charge in [-0.05, 0) is 31.2 Å². The monoisotopic (exact) mass is 419 g/mol. The van der Waals surface area contributed by atoms with Crippen LogP contribution < -0.4 is 4.74 Å². The number of benzene rings is 1. The standard InChI is InChI=1S/C18H11ClFN3O2S2/c1-10-15(25-17-14(19)3-2-4-16(17)27-20)5-11-7-21-23(18(11)22-10)12-6-13(8-24)26-9-12/h2-9H,1H3. The van der Waals surface area contributed by atoms with Crippen LogP contribution in [-0.4, -0.2) is 21.1 Å². The fraction of sp³-hybridized carbons (Fsp3) is 0.0556. The zero-order valence-electron chi connectivity index (χ0n) is 13.8. The van der Waals surface area contributed by atoms with E-state index in [9.17, 15) is 8.68 Å². The molecule has 0 amide bonds. The molecule has 0 atom stereocenters. The molecule has 0 aliphatic heterocycles. The third-order valence-corrected chi connectivity index (χ3v) is 5.51. The Labute approximate surface area is 167 Å². The second kappa shape index (κ2) is 7.30. The predicted molar refractivity (Wildman–Crippen MR) is 105 cm³/mol. The summed E-state index contributed by atoms with van der Waals surface area (Å²) in [6.07, 6.45) is 2.46. The number of rotatable bonds is 5. The molecule has 0 unspecified atom stereocenters. The number of para-hydroxylation sites is 1. The van der Waals surface area contributed by atoms with E-state index < -0.39 is 0 Å². The van der Waals surface area contributed by atoms with E-state index in [2.05, 4.69) is 10.1 Å². The number of carbonyl (C=O) groups excluding carboxylic acids is 1. The summed E-state index contributed by atoms with van der Waals surface area (Å²) in [4.78, 5) is 16.4. The zero-order valence-corrected chi connectivity index (χ0v) is 16.2. The quantitative estimate of drug-likeness (QED) is 0.370. The Balaban J connectivity index is 1.77. The van der Waals surface area contributed by atoms with E-state index in [0.29, 0.717) is 27.0 Å². The lowest BCUT2D eigenvalue weighted by Gasteiger charge is -2.12. The van der Waals surface area contributed by atoms with Crippen LogP contribution in [0.5, 0.6) is 11.5 Å². The first-order chi connectivity index (χ1) is 13.1. The number of hydrogen-bond donors (Lipinski definition) is 0. The molecule has 0 radical (unpaired) electrons. The predicted octanol–water partition coefficient (Wildman–Crippen LogP) is 6.03. The summed E-state index contributed by atoms with van der Waals surface area (Å²) >= 11 is 7.57. The van der Waals surface area contributed by atoms with Gasteiger partial charge in [0.05, 0.1) is 44.5 Å². The largest absolute Gasteiger partial charge is 0.453 e. The molecule has 3 aromatic heterocycles. The SMILES string of the molecule is Cc1nc2c(cnn2-c2csc(C=O)c2)cc1Oc1c(Cl)cccc1SF. The minimum atomic E-state index is 0.0705. The summed E-state index contributed by atoms with van der Waals surface area (Å²) in [6.45, 7) is 1.79. The third kappa shape index (κ3) is 3.31. The Bertz CT molecular complexity index is 1160. The van der Waals surface area contributed by atoms with Crippen molar-refractivity contribution in [1.82, 2.24) is 14.8 Å². The number of halogens is 2. The highest BCUT2D eigenvalue weighted by molar-refractivity contribution is 7.94. The molecule has 3 heterocycles. The number of nitrogens with zero attached hydrogens (tertiary/aromatic N) is 3. The summed E-state index contributed by atoms with van der Waals surface area (Å²) in [6, 6.07) is 8.41. The maximum absolute atomic E-state index is 13.2. The molecule has 0 aliphatic carbocycles. The first-order valence-corrected chi connectivity index (χ1v) is 9.72. The highest BCUT2D eigenvalue weighted by Crippen LogP contribution is 2.40. The molecular formula is C18H11ClFN3O2S2. The number of aromatic nitrogens is 3. The molecule has 0 aliphatic rings. The molecule has 5 nitrogen and oxygen atoms in total.